The summed E-state index contributed by atoms with van der Waals surface area (Å²) in [4.78, 5) is 6.09. The average molecular weight is 306 g/mol. The van der Waals surface area contributed by atoms with Gasteiger partial charge in [0.25, 0.3) is 0 Å². The van der Waals surface area contributed by atoms with E-state index in [2.05, 4.69) is 33.0 Å². The second kappa shape index (κ2) is 6.67. The summed E-state index contributed by atoms with van der Waals surface area (Å²) in [5, 5.41) is 4.41. The van der Waals surface area contributed by atoms with Crippen LogP contribution in [0.2, 0.25) is 0 Å². The average Bonchev–Trinajstić information content (AvgIpc) is 2.84. The molecule has 1 aromatic heterocycles. The van der Waals surface area contributed by atoms with Crippen LogP contribution in [0.25, 0.3) is 10.6 Å². The normalized spacial score (nSPS) is 11.9. The van der Waals surface area contributed by atoms with Crippen LogP contribution >= 0.6 is 11.3 Å². The first-order chi connectivity index (χ1) is 9.91. The number of nitrogens with one attached hydrogen (secondary N) is 1. The molecular formula is C17H23FN2S. The molecule has 1 N–H and O–H groups in total. The molecule has 0 bridgehead atoms. The van der Waals surface area contributed by atoms with Crippen molar-refractivity contribution in [3.8, 4) is 10.6 Å². The molecule has 1 aromatic carbocycles. The highest BCUT2D eigenvalue weighted by Crippen LogP contribution is 2.34. The third kappa shape index (κ3) is 4.11. The number of thiazole rings is 1. The summed E-state index contributed by atoms with van der Waals surface area (Å²) in [6, 6.07) is 6.57. The fourth-order valence-corrected chi connectivity index (χ4v) is 3.40. The van der Waals surface area contributed by atoms with Gasteiger partial charge in [-0.2, -0.15) is 0 Å². The predicted molar refractivity (Wildman–Crippen MR) is 88.2 cm³/mol. The molecule has 2 nitrogen and oxygen atoms in total. The Morgan fingerprint density at radius 3 is 2.43 bits per heavy atom. The van der Waals surface area contributed by atoms with Gasteiger partial charge in [-0.05, 0) is 37.2 Å². The first-order valence-corrected chi connectivity index (χ1v) is 8.20. The van der Waals surface area contributed by atoms with Crippen molar-refractivity contribution in [2.24, 2.45) is 0 Å². The molecule has 0 radical (unpaired) electrons. The Morgan fingerprint density at radius 1 is 1.19 bits per heavy atom. The van der Waals surface area contributed by atoms with Crippen LogP contribution in [-0.4, -0.2) is 11.5 Å². The van der Waals surface area contributed by atoms with Gasteiger partial charge in [-0.1, -0.05) is 27.7 Å². The molecule has 21 heavy (non-hydrogen) atoms. The minimum absolute atomic E-state index is 0.0119. The SMILES string of the molecule is CCCNCc1sc(-c2ccc(F)cc2)nc1C(C)(C)C. The van der Waals surface area contributed by atoms with E-state index in [0.717, 1.165) is 35.8 Å². The zero-order chi connectivity index (χ0) is 15.5. The lowest BCUT2D eigenvalue weighted by Gasteiger charge is -2.17. The highest BCUT2D eigenvalue weighted by Gasteiger charge is 2.23. The molecule has 0 fully saturated rings. The molecule has 0 saturated heterocycles. The Balaban J connectivity index is 2.33. The summed E-state index contributed by atoms with van der Waals surface area (Å²) in [6.07, 6.45) is 1.12. The van der Waals surface area contributed by atoms with E-state index in [0.29, 0.717) is 0 Å². The van der Waals surface area contributed by atoms with Crippen LogP contribution in [0.1, 0.15) is 44.7 Å². The first-order valence-electron chi connectivity index (χ1n) is 7.38. The molecule has 0 aliphatic carbocycles. The second-order valence-electron chi connectivity index (χ2n) is 6.22. The lowest BCUT2D eigenvalue weighted by molar-refractivity contribution is 0.559. The van der Waals surface area contributed by atoms with Crippen LogP contribution in [0.3, 0.4) is 0 Å². The van der Waals surface area contributed by atoms with E-state index in [9.17, 15) is 4.39 Å². The van der Waals surface area contributed by atoms with Crippen molar-refractivity contribution in [1.82, 2.24) is 10.3 Å². The van der Waals surface area contributed by atoms with Gasteiger partial charge >= 0.3 is 0 Å². The molecule has 0 saturated carbocycles. The zero-order valence-corrected chi connectivity index (χ0v) is 14.0. The molecule has 0 aliphatic rings. The smallest absolute Gasteiger partial charge is 0.123 e. The third-order valence-electron chi connectivity index (χ3n) is 3.21. The van der Waals surface area contributed by atoms with E-state index in [4.69, 9.17) is 4.98 Å². The van der Waals surface area contributed by atoms with Crippen molar-refractivity contribution in [1.29, 1.82) is 0 Å². The van der Waals surface area contributed by atoms with Crippen LogP contribution in [0.15, 0.2) is 24.3 Å². The van der Waals surface area contributed by atoms with Gasteiger partial charge in [0, 0.05) is 22.4 Å². The van der Waals surface area contributed by atoms with Gasteiger partial charge in [0.05, 0.1) is 5.69 Å². The number of hydrogen-bond acceptors (Lipinski definition) is 3. The van der Waals surface area contributed by atoms with Gasteiger partial charge < -0.3 is 5.32 Å². The Labute approximate surface area is 130 Å². The monoisotopic (exact) mass is 306 g/mol. The van der Waals surface area contributed by atoms with Gasteiger partial charge in [-0.25, -0.2) is 9.37 Å². The van der Waals surface area contributed by atoms with Crippen molar-refractivity contribution >= 4 is 11.3 Å². The van der Waals surface area contributed by atoms with Crippen molar-refractivity contribution in [3.63, 3.8) is 0 Å². The van der Waals surface area contributed by atoms with Crippen molar-refractivity contribution in [3.05, 3.63) is 40.7 Å². The number of aromatic nitrogens is 1. The Kier molecular flexibility index (Phi) is 5.12. The Bertz CT molecular complexity index is 582. The number of hydrogen-bond donors (Lipinski definition) is 1. The summed E-state index contributed by atoms with van der Waals surface area (Å²) in [5.74, 6) is -0.212. The van der Waals surface area contributed by atoms with Gasteiger partial charge in [-0.3, -0.25) is 0 Å². The number of nitrogens with zero attached hydrogens (tertiary/aromatic N) is 1. The van der Waals surface area contributed by atoms with E-state index in [1.807, 2.05) is 0 Å². The standard InChI is InChI=1S/C17H23FN2S/c1-5-10-19-11-14-15(17(2,3)4)20-16(21-14)12-6-8-13(18)9-7-12/h6-9,19H,5,10-11H2,1-4H3. The molecule has 2 rings (SSSR count). The zero-order valence-electron chi connectivity index (χ0n) is 13.2. The van der Waals surface area contributed by atoms with Gasteiger partial charge in [0.15, 0.2) is 0 Å². The topological polar surface area (TPSA) is 24.9 Å². The minimum atomic E-state index is -0.212. The molecule has 0 spiro atoms. The maximum absolute atomic E-state index is 13.1. The van der Waals surface area contributed by atoms with Crippen LogP contribution in [0.5, 0.6) is 0 Å². The summed E-state index contributed by atoms with van der Waals surface area (Å²) in [6.45, 7) is 10.6. The van der Waals surface area contributed by atoms with Crippen molar-refractivity contribution < 1.29 is 4.39 Å². The number of rotatable bonds is 5. The largest absolute Gasteiger partial charge is 0.312 e. The fourth-order valence-electron chi connectivity index (χ4n) is 2.15. The summed E-state index contributed by atoms with van der Waals surface area (Å²) in [5.41, 5.74) is 2.13. The van der Waals surface area contributed by atoms with E-state index < -0.39 is 0 Å². The highest BCUT2D eigenvalue weighted by atomic mass is 32.1. The van der Waals surface area contributed by atoms with Gasteiger partial charge in [0.2, 0.25) is 0 Å². The van der Waals surface area contributed by atoms with Crippen LogP contribution in [0, 0.1) is 5.82 Å². The lowest BCUT2D eigenvalue weighted by Crippen LogP contribution is -2.19. The summed E-state index contributed by atoms with van der Waals surface area (Å²) in [7, 11) is 0. The summed E-state index contributed by atoms with van der Waals surface area (Å²) < 4.78 is 13.1. The van der Waals surface area contributed by atoms with Crippen LogP contribution in [0.4, 0.5) is 4.39 Å². The maximum Gasteiger partial charge on any atom is 0.123 e. The predicted octanol–water partition coefficient (Wildman–Crippen LogP) is 4.75. The molecule has 1 heterocycles. The lowest BCUT2D eigenvalue weighted by atomic mass is 9.91. The number of benzene rings is 1. The molecule has 0 atom stereocenters. The summed E-state index contributed by atoms with van der Waals surface area (Å²) >= 11 is 1.70. The van der Waals surface area contributed by atoms with Gasteiger partial charge in [-0.15, -0.1) is 11.3 Å². The maximum atomic E-state index is 13.1. The molecular weight excluding hydrogens is 283 g/mol. The Morgan fingerprint density at radius 2 is 1.86 bits per heavy atom. The molecule has 114 valence electrons. The molecule has 4 heteroatoms. The Hall–Kier alpha value is -1.26. The molecule has 0 aliphatic heterocycles. The van der Waals surface area contributed by atoms with E-state index in [1.165, 1.54) is 17.0 Å². The van der Waals surface area contributed by atoms with Crippen molar-refractivity contribution in [2.45, 2.75) is 46.1 Å². The van der Waals surface area contributed by atoms with E-state index >= 15 is 0 Å². The minimum Gasteiger partial charge on any atom is -0.312 e. The van der Waals surface area contributed by atoms with Gasteiger partial charge in [0.1, 0.15) is 10.8 Å². The van der Waals surface area contributed by atoms with Crippen LogP contribution in [-0.2, 0) is 12.0 Å². The quantitative estimate of drug-likeness (QED) is 0.807. The molecule has 2 aromatic rings. The number of halogens is 1. The second-order valence-corrected chi connectivity index (χ2v) is 7.31. The molecule has 0 amide bonds. The first kappa shape index (κ1) is 16.1. The third-order valence-corrected chi connectivity index (χ3v) is 4.32. The highest BCUT2D eigenvalue weighted by molar-refractivity contribution is 7.15. The van der Waals surface area contributed by atoms with Crippen molar-refractivity contribution in [2.75, 3.05) is 6.54 Å². The fraction of sp³-hybridized carbons (Fsp3) is 0.471. The van der Waals surface area contributed by atoms with E-state index in [1.54, 1.807) is 23.5 Å². The van der Waals surface area contributed by atoms with Crippen LogP contribution < -0.4 is 5.32 Å². The molecule has 0 unspecified atom stereocenters. The van der Waals surface area contributed by atoms with E-state index in [-0.39, 0.29) is 11.2 Å².